The molecule has 0 saturated heterocycles. The van der Waals surface area contributed by atoms with Crippen LogP contribution < -0.4 is 0 Å². The van der Waals surface area contributed by atoms with E-state index in [4.69, 9.17) is 4.52 Å². The van der Waals surface area contributed by atoms with Crippen molar-refractivity contribution >= 4 is 0 Å². The minimum atomic E-state index is -1.04. The Bertz CT molecular complexity index is 841. The Morgan fingerprint density at radius 3 is 2.35 bits per heavy atom. The Labute approximate surface area is 131 Å². The van der Waals surface area contributed by atoms with Crippen LogP contribution in [-0.4, -0.2) is 20.0 Å². The molecule has 0 aliphatic heterocycles. The summed E-state index contributed by atoms with van der Waals surface area (Å²) >= 11 is 0. The summed E-state index contributed by atoms with van der Waals surface area (Å²) in [5, 5.41) is 17.6. The fourth-order valence-corrected chi connectivity index (χ4v) is 2.50. The molecule has 5 nitrogen and oxygen atoms in total. The summed E-state index contributed by atoms with van der Waals surface area (Å²) in [6.45, 7) is 5.48. The van der Waals surface area contributed by atoms with Crippen molar-refractivity contribution in [3.05, 3.63) is 47.0 Å². The van der Waals surface area contributed by atoms with Gasteiger partial charge in [0.1, 0.15) is 5.76 Å². The summed E-state index contributed by atoms with van der Waals surface area (Å²) in [4.78, 5) is 0. The van der Waals surface area contributed by atoms with Gasteiger partial charge in [-0.1, -0.05) is 12.1 Å². The molecule has 0 saturated carbocycles. The summed E-state index contributed by atoms with van der Waals surface area (Å²) in [5.41, 5.74) is 2.95. The van der Waals surface area contributed by atoms with Crippen molar-refractivity contribution in [3.8, 4) is 22.7 Å². The normalized spacial score (nSPS) is 11.2. The maximum absolute atomic E-state index is 13.7. The smallest absolute Gasteiger partial charge is 0.187 e. The monoisotopic (exact) mass is 319 g/mol. The molecule has 0 aliphatic rings. The lowest BCUT2D eigenvalue weighted by molar-refractivity contribution is 0.393. The van der Waals surface area contributed by atoms with Gasteiger partial charge in [0.2, 0.25) is 0 Å². The number of hydrogen-bond donors (Lipinski definition) is 1. The number of hydrogen-bond acceptors (Lipinski definition) is 4. The van der Waals surface area contributed by atoms with Gasteiger partial charge in [0.15, 0.2) is 17.4 Å². The molecular weight excluding hydrogens is 304 g/mol. The van der Waals surface area contributed by atoms with E-state index in [0.717, 1.165) is 23.4 Å². The number of benzene rings is 1. The summed E-state index contributed by atoms with van der Waals surface area (Å²) in [6, 6.07) is 3.90. The van der Waals surface area contributed by atoms with Crippen LogP contribution in [0.1, 0.15) is 24.1 Å². The lowest BCUT2D eigenvalue weighted by Crippen LogP contribution is -2.02. The van der Waals surface area contributed by atoms with E-state index in [2.05, 4.69) is 10.3 Å². The quantitative estimate of drug-likeness (QED) is 0.799. The third kappa shape index (κ3) is 2.48. The Balaban J connectivity index is 2.26. The number of nitrogens with zero attached hydrogens (tertiary/aromatic N) is 3. The van der Waals surface area contributed by atoms with Gasteiger partial charge in [0.25, 0.3) is 0 Å². The Morgan fingerprint density at radius 1 is 1.17 bits per heavy atom. The Kier molecular flexibility index (Phi) is 3.63. The first-order valence-corrected chi connectivity index (χ1v) is 7.13. The molecule has 3 rings (SSSR count). The van der Waals surface area contributed by atoms with E-state index >= 15 is 0 Å². The highest BCUT2D eigenvalue weighted by molar-refractivity contribution is 5.67. The van der Waals surface area contributed by atoms with Crippen LogP contribution in [0.4, 0.5) is 8.78 Å². The third-order valence-electron chi connectivity index (χ3n) is 3.66. The third-order valence-corrected chi connectivity index (χ3v) is 3.66. The van der Waals surface area contributed by atoms with Crippen LogP contribution in [0.3, 0.4) is 0 Å². The predicted octanol–water partition coefficient (Wildman–Crippen LogP) is 3.69. The molecule has 0 atom stereocenters. The second-order valence-electron chi connectivity index (χ2n) is 5.24. The highest BCUT2D eigenvalue weighted by Gasteiger charge is 2.20. The minimum absolute atomic E-state index is 0.174. The van der Waals surface area contributed by atoms with Gasteiger partial charge < -0.3 is 9.63 Å². The molecule has 120 valence electrons. The minimum Gasteiger partial charge on any atom is -0.503 e. The highest BCUT2D eigenvalue weighted by atomic mass is 19.1. The van der Waals surface area contributed by atoms with Crippen molar-refractivity contribution in [3.63, 3.8) is 0 Å². The zero-order valence-electron chi connectivity index (χ0n) is 12.9. The molecule has 2 heterocycles. The van der Waals surface area contributed by atoms with Crippen molar-refractivity contribution in [2.24, 2.45) is 0 Å². The first-order valence-electron chi connectivity index (χ1n) is 7.13. The van der Waals surface area contributed by atoms with E-state index < -0.39 is 17.4 Å². The Hall–Kier alpha value is -2.70. The molecule has 0 aliphatic carbocycles. The number of aryl methyl sites for hydroxylation is 3. The van der Waals surface area contributed by atoms with Crippen molar-refractivity contribution in [1.82, 2.24) is 14.9 Å². The lowest BCUT2D eigenvalue weighted by atomic mass is 10.1. The highest BCUT2D eigenvalue weighted by Crippen LogP contribution is 2.31. The molecule has 3 aromatic rings. The number of rotatable bonds is 3. The number of phenolic OH excluding ortho intramolecular Hbond substituents is 1. The van der Waals surface area contributed by atoms with Gasteiger partial charge in [-0.25, -0.2) is 13.5 Å². The molecule has 7 heteroatoms. The second kappa shape index (κ2) is 5.49. The van der Waals surface area contributed by atoms with E-state index in [-0.39, 0.29) is 5.69 Å². The number of halogens is 2. The van der Waals surface area contributed by atoms with Gasteiger partial charge in [-0.05, 0) is 26.3 Å². The summed E-state index contributed by atoms with van der Waals surface area (Å²) in [6.07, 6.45) is 0.659. The number of aromatic nitrogens is 3. The molecule has 1 aromatic carbocycles. The molecular formula is C16H15F2N3O2. The van der Waals surface area contributed by atoms with E-state index in [0.29, 0.717) is 23.6 Å². The van der Waals surface area contributed by atoms with E-state index in [9.17, 15) is 13.9 Å². The molecule has 23 heavy (non-hydrogen) atoms. The van der Waals surface area contributed by atoms with Crippen LogP contribution in [0.2, 0.25) is 0 Å². The van der Waals surface area contributed by atoms with Crippen molar-refractivity contribution in [2.75, 3.05) is 0 Å². The first-order chi connectivity index (χ1) is 10.9. The van der Waals surface area contributed by atoms with Crippen LogP contribution in [-0.2, 0) is 6.42 Å². The molecule has 0 radical (unpaired) electrons. The average Bonchev–Trinajstić information content (AvgIpc) is 3.07. The Morgan fingerprint density at radius 2 is 1.83 bits per heavy atom. The van der Waals surface area contributed by atoms with E-state index in [1.54, 1.807) is 13.8 Å². The van der Waals surface area contributed by atoms with E-state index in [1.807, 2.05) is 13.0 Å². The average molecular weight is 319 g/mol. The molecule has 0 unspecified atom stereocenters. The van der Waals surface area contributed by atoms with Crippen LogP contribution in [0, 0.1) is 25.5 Å². The fourth-order valence-electron chi connectivity index (χ4n) is 2.50. The molecule has 0 amide bonds. The molecule has 0 bridgehead atoms. The fraction of sp³-hybridized carbons (Fsp3) is 0.250. The van der Waals surface area contributed by atoms with Crippen LogP contribution in [0.5, 0.6) is 5.75 Å². The summed E-state index contributed by atoms with van der Waals surface area (Å²) < 4.78 is 34.0. The zero-order chi connectivity index (χ0) is 16.7. The summed E-state index contributed by atoms with van der Waals surface area (Å²) in [5.74, 6) is -2.50. The first kappa shape index (κ1) is 15.2. The van der Waals surface area contributed by atoms with Crippen molar-refractivity contribution < 1.29 is 18.4 Å². The largest absolute Gasteiger partial charge is 0.503 e. The number of phenols is 1. The summed E-state index contributed by atoms with van der Waals surface area (Å²) in [7, 11) is 0. The van der Waals surface area contributed by atoms with Crippen LogP contribution in [0.25, 0.3) is 16.9 Å². The standard InChI is InChI=1S/C16H15F2N3O2/c1-4-10-5-14(15-8(2)20-23-9(15)3)21(19-10)11-6-12(17)16(22)13(18)7-11/h5-7,22H,4H2,1-3H3. The van der Waals surface area contributed by atoms with Gasteiger partial charge in [0.05, 0.1) is 28.3 Å². The second-order valence-corrected chi connectivity index (χ2v) is 5.24. The van der Waals surface area contributed by atoms with Gasteiger partial charge in [-0.3, -0.25) is 0 Å². The zero-order valence-corrected chi connectivity index (χ0v) is 12.9. The van der Waals surface area contributed by atoms with Gasteiger partial charge >= 0.3 is 0 Å². The topological polar surface area (TPSA) is 64.1 Å². The lowest BCUT2D eigenvalue weighted by Gasteiger charge is -2.08. The van der Waals surface area contributed by atoms with Crippen LogP contribution in [0.15, 0.2) is 22.7 Å². The van der Waals surface area contributed by atoms with Crippen LogP contribution >= 0.6 is 0 Å². The van der Waals surface area contributed by atoms with Gasteiger partial charge in [0, 0.05) is 12.1 Å². The molecule has 1 N–H and O–H groups in total. The predicted molar refractivity (Wildman–Crippen MR) is 79.5 cm³/mol. The SMILES string of the molecule is CCc1cc(-c2c(C)noc2C)n(-c2cc(F)c(O)c(F)c2)n1. The van der Waals surface area contributed by atoms with Gasteiger partial charge in [-0.15, -0.1) is 0 Å². The molecule has 0 fully saturated rings. The van der Waals surface area contributed by atoms with Crippen molar-refractivity contribution in [2.45, 2.75) is 27.2 Å². The van der Waals surface area contributed by atoms with Gasteiger partial charge in [-0.2, -0.15) is 5.10 Å². The van der Waals surface area contributed by atoms with E-state index in [1.165, 1.54) is 4.68 Å². The maximum atomic E-state index is 13.7. The number of aromatic hydroxyl groups is 1. The molecule has 0 spiro atoms. The maximum Gasteiger partial charge on any atom is 0.187 e. The van der Waals surface area contributed by atoms with Crippen molar-refractivity contribution in [1.29, 1.82) is 0 Å². The molecule has 2 aromatic heterocycles.